The predicted octanol–water partition coefficient (Wildman–Crippen LogP) is 2.79. The summed E-state index contributed by atoms with van der Waals surface area (Å²) < 4.78 is 7.08. The van der Waals surface area contributed by atoms with Crippen LogP contribution in [0.1, 0.15) is 69.8 Å². The quantitative estimate of drug-likeness (QED) is 0.833. The van der Waals surface area contributed by atoms with E-state index in [0.717, 1.165) is 31.4 Å². The number of carbonyl (C=O) groups is 1. The molecule has 0 spiro atoms. The van der Waals surface area contributed by atoms with Gasteiger partial charge in [-0.3, -0.25) is 9.48 Å². The number of amides is 1. The first-order valence-corrected chi connectivity index (χ1v) is 8.95. The van der Waals surface area contributed by atoms with E-state index in [4.69, 9.17) is 4.52 Å². The minimum absolute atomic E-state index is 0.121. The largest absolute Gasteiger partial charge is 0.339 e. The van der Waals surface area contributed by atoms with E-state index in [2.05, 4.69) is 36.0 Å². The molecule has 2 aromatic rings. The van der Waals surface area contributed by atoms with Crippen molar-refractivity contribution < 1.29 is 9.32 Å². The Hall–Kier alpha value is -2.18. The van der Waals surface area contributed by atoms with Gasteiger partial charge >= 0.3 is 0 Å². The van der Waals surface area contributed by atoms with Crippen molar-refractivity contribution in [2.24, 2.45) is 7.05 Å². The van der Waals surface area contributed by atoms with Crippen LogP contribution in [0, 0.1) is 0 Å². The second kappa shape index (κ2) is 6.98. The standard InChI is InChI=1S/C18H27N5O2/c1-18(2,3)17-20-15(25-21-17)8-5-9-16(24)23-10-6-7-14(23)13-11-19-22(4)12-13/h11-12,14H,5-10H2,1-4H3. The third-order valence-corrected chi connectivity index (χ3v) is 4.60. The SMILES string of the molecule is Cn1cc(C2CCCN2C(=O)CCCc2nc(C(C)(C)C)no2)cn1. The molecule has 7 heteroatoms. The van der Waals surface area contributed by atoms with Crippen molar-refractivity contribution in [1.82, 2.24) is 24.8 Å². The zero-order valence-corrected chi connectivity index (χ0v) is 15.5. The first kappa shape index (κ1) is 17.6. The molecule has 7 nitrogen and oxygen atoms in total. The zero-order chi connectivity index (χ0) is 18.0. The van der Waals surface area contributed by atoms with Gasteiger partial charge in [-0.2, -0.15) is 10.1 Å². The Balaban J connectivity index is 1.53. The number of aromatic nitrogens is 4. The first-order valence-electron chi connectivity index (χ1n) is 8.95. The van der Waals surface area contributed by atoms with E-state index in [-0.39, 0.29) is 17.4 Å². The van der Waals surface area contributed by atoms with E-state index in [9.17, 15) is 4.79 Å². The van der Waals surface area contributed by atoms with Crippen molar-refractivity contribution in [1.29, 1.82) is 0 Å². The number of likely N-dealkylation sites (tertiary alicyclic amines) is 1. The van der Waals surface area contributed by atoms with Crippen LogP contribution >= 0.6 is 0 Å². The highest BCUT2D eigenvalue weighted by Gasteiger charge is 2.30. The average molecular weight is 345 g/mol. The summed E-state index contributed by atoms with van der Waals surface area (Å²) in [7, 11) is 1.90. The number of rotatable bonds is 5. The molecule has 1 unspecified atom stereocenters. The van der Waals surface area contributed by atoms with E-state index in [1.165, 1.54) is 0 Å². The summed E-state index contributed by atoms with van der Waals surface area (Å²) in [5, 5.41) is 8.26. The molecule has 1 saturated heterocycles. The lowest BCUT2D eigenvalue weighted by Crippen LogP contribution is -2.30. The molecule has 0 aromatic carbocycles. The monoisotopic (exact) mass is 345 g/mol. The topological polar surface area (TPSA) is 77.0 Å². The molecule has 3 rings (SSSR count). The van der Waals surface area contributed by atoms with Crippen molar-refractivity contribution in [2.75, 3.05) is 6.54 Å². The smallest absolute Gasteiger partial charge is 0.226 e. The van der Waals surface area contributed by atoms with Crippen LogP contribution in [0.5, 0.6) is 0 Å². The number of hydrogen-bond acceptors (Lipinski definition) is 5. The highest BCUT2D eigenvalue weighted by Crippen LogP contribution is 2.32. The number of aryl methyl sites for hydroxylation is 2. The van der Waals surface area contributed by atoms with Gasteiger partial charge in [0.25, 0.3) is 0 Å². The maximum Gasteiger partial charge on any atom is 0.226 e. The summed E-state index contributed by atoms with van der Waals surface area (Å²) >= 11 is 0. The second-order valence-electron chi connectivity index (χ2n) is 7.81. The van der Waals surface area contributed by atoms with Crippen LogP contribution in [0.4, 0.5) is 0 Å². The van der Waals surface area contributed by atoms with Gasteiger partial charge < -0.3 is 9.42 Å². The van der Waals surface area contributed by atoms with Crippen molar-refractivity contribution in [3.05, 3.63) is 29.7 Å². The van der Waals surface area contributed by atoms with Gasteiger partial charge in [-0.25, -0.2) is 0 Å². The van der Waals surface area contributed by atoms with E-state index < -0.39 is 0 Å². The minimum atomic E-state index is -0.121. The Morgan fingerprint density at radius 3 is 2.84 bits per heavy atom. The van der Waals surface area contributed by atoms with Crippen molar-refractivity contribution in [3.8, 4) is 0 Å². The van der Waals surface area contributed by atoms with Crippen LogP contribution < -0.4 is 0 Å². The van der Waals surface area contributed by atoms with Crippen LogP contribution in [-0.2, 0) is 23.7 Å². The van der Waals surface area contributed by atoms with E-state index in [1.54, 1.807) is 4.68 Å². The van der Waals surface area contributed by atoms with Crippen molar-refractivity contribution in [2.45, 2.75) is 64.3 Å². The predicted molar refractivity (Wildman–Crippen MR) is 92.8 cm³/mol. The van der Waals surface area contributed by atoms with Gasteiger partial charge in [0.2, 0.25) is 11.8 Å². The fourth-order valence-electron chi connectivity index (χ4n) is 3.22. The lowest BCUT2D eigenvalue weighted by Gasteiger charge is -2.23. The third-order valence-electron chi connectivity index (χ3n) is 4.60. The van der Waals surface area contributed by atoms with E-state index in [0.29, 0.717) is 24.6 Å². The van der Waals surface area contributed by atoms with Gasteiger partial charge in [0.05, 0.1) is 12.2 Å². The van der Waals surface area contributed by atoms with Gasteiger partial charge in [0, 0.05) is 43.6 Å². The zero-order valence-electron chi connectivity index (χ0n) is 15.5. The van der Waals surface area contributed by atoms with Crippen molar-refractivity contribution >= 4 is 5.91 Å². The number of hydrogen-bond donors (Lipinski definition) is 0. The minimum Gasteiger partial charge on any atom is -0.339 e. The number of carbonyl (C=O) groups excluding carboxylic acids is 1. The molecule has 0 radical (unpaired) electrons. The summed E-state index contributed by atoms with van der Waals surface area (Å²) in [5.41, 5.74) is 1.00. The molecule has 1 fully saturated rings. The molecule has 136 valence electrons. The van der Waals surface area contributed by atoms with Crippen LogP contribution in [-0.4, -0.2) is 37.3 Å². The molecule has 0 saturated carbocycles. The summed E-state index contributed by atoms with van der Waals surface area (Å²) in [6.45, 7) is 6.98. The van der Waals surface area contributed by atoms with Crippen LogP contribution in [0.3, 0.4) is 0 Å². The second-order valence-corrected chi connectivity index (χ2v) is 7.81. The molecule has 0 aliphatic carbocycles. The van der Waals surface area contributed by atoms with Gasteiger partial charge in [-0.1, -0.05) is 25.9 Å². The highest BCUT2D eigenvalue weighted by atomic mass is 16.5. The van der Waals surface area contributed by atoms with Crippen LogP contribution in [0.25, 0.3) is 0 Å². The highest BCUT2D eigenvalue weighted by molar-refractivity contribution is 5.77. The number of nitrogens with zero attached hydrogens (tertiary/aromatic N) is 5. The summed E-state index contributed by atoms with van der Waals surface area (Å²) in [6, 6.07) is 0.164. The average Bonchev–Trinajstić information content (AvgIpc) is 3.25. The summed E-state index contributed by atoms with van der Waals surface area (Å²) in [4.78, 5) is 19.0. The molecule has 0 N–H and O–H groups in total. The lowest BCUT2D eigenvalue weighted by atomic mass is 9.96. The first-order chi connectivity index (χ1) is 11.8. The maximum absolute atomic E-state index is 12.6. The fraction of sp³-hybridized carbons (Fsp3) is 0.667. The molecule has 1 amide bonds. The Labute approximate surface area is 148 Å². The van der Waals surface area contributed by atoms with Gasteiger partial charge in [-0.15, -0.1) is 0 Å². The maximum atomic E-state index is 12.6. The van der Waals surface area contributed by atoms with Gasteiger partial charge in [0.15, 0.2) is 5.82 Å². The Morgan fingerprint density at radius 2 is 2.20 bits per heavy atom. The molecular formula is C18H27N5O2. The Kier molecular flexibility index (Phi) is 4.92. The molecule has 3 heterocycles. The van der Waals surface area contributed by atoms with Crippen LogP contribution in [0.2, 0.25) is 0 Å². The molecule has 0 bridgehead atoms. The Morgan fingerprint density at radius 1 is 1.40 bits per heavy atom. The molecular weight excluding hydrogens is 318 g/mol. The van der Waals surface area contributed by atoms with Crippen LogP contribution in [0.15, 0.2) is 16.9 Å². The fourth-order valence-corrected chi connectivity index (χ4v) is 3.22. The Bertz CT molecular complexity index is 728. The third kappa shape index (κ3) is 4.08. The van der Waals surface area contributed by atoms with Gasteiger partial charge in [-0.05, 0) is 19.3 Å². The molecule has 25 heavy (non-hydrogen) atoms. The van der Waals surface area contributed by atoms with E-state index >= 15 is 0 Å². The normalized spacial score (nSPS) is 18.1. The van der Waals surface area contributed by atoms with Gasteiger partial charge in [0.1, 0.15) is 0 Å². The molecule has 1 aliphatic rings. The van der Waals surface area contributed by atoms with E-state index in [1.807, 2.05) is 24.3 Å². The summed E-state index contributed by atoms with van der Waals surface area (Å²) in [6.07, 6.45) is 7.79. The molecule has 1 aliphatic heterocycles. The lowest BCUT2D eigenvalue weighted by molar-refractivity contribution is -0.132. The summed E-state index contributed by atoms with van der Waals surface area (Å²) in [5.74, 6) is 1.52. The van der Waals surface area contributed by atoms with Crippen molar-refractivity contribution in [3.63, 3.8) is 0 Å². The molecule has 2 aromatic heterocycles. The molecule has 1 atom stereocenters.